The smallest absolute Gasteiger partial charge is 0.329 e. The molecule has 0 aromatic carbocycles. The Morgan fingerprint density at radius 3 is 2.33 bits per heavy atom. The highest BCUT2D eigenvalue weighted by molar-refractivity contribution is 5.89. The molecule has 2 unspecified atom stereocenters. The van der Waals surface area contributed by atoms with Crippen molar-refractivity contribution in [3.05, 3.63) is 0 Å². The molecule has 0 spiro atoms. The first kappa shape index (κ1) is 13.9. The summed E-state index contributed by atoms with van der Waals surface area (Å²) in [6.07, 6.45) is 1.57. The number of carbonyl (C=O) groups excluding carboxylic acids is 1. The van der Waals surface area contributed by atoms with Gasteiger partial charge in [-0.2, -0.15) is 0 Å². The van der Waals surface area contributed by atoms with Crippen molar-refractivity contribution in [2.75, 3.05) is 0 Å². The third-order valence-electron chi connectivity index (χ3n) is 2.40. The number of hydrogen-bond acceptors (Lipinski definition) is 3. The Hall–Kier alpha value is -1.10. The maximum absolute atomic E-state index is 11.5. The van der Waals surface area contributed by atoms with Crippen LogP contribution in [-0.2, 0) is 9.59 Å². The van der Waals surface area contributed by atoms with E-state index in [2.05, 4.69) is 5.32 Å². The molecule has 0 heterocycles. The van der Waals surface area contributed by atoms with E-state index in [4.69, 9.17) is 10.8 Å². The number of carbonyl (C=O) groups is 2. The molecule has 5 nitrogen and oxygen atoms in total. The van der Waals surface area contributed by atoms with Crippen molar-refractivity contribution in [1.29, 1.82) is 0 Å². The van der Waals surface area contributed by atoms with Gasteiger partial charge in [0.2, 0.25) is 5.91 Å². The van der Waals surface area contributed by atoms with Gasteiger partial charge in [-0.15, -0.1) is 0 Å². The molecule has 0 bridgehead atoms. The topological polar surface area (TPSA) is 92.4 Å². The number of aliphatic carboxylic acids is 1. The van der Waals surface area contributed by atoms with Gasteiger partial charge < -0.3 is 16.2 Å². The summed E-state index contributed by atoms with van der Waals surface area (Å²) in [6, 6.07) is -0.638. The van der Waals surface area contributed by atoms with Crippen LogP contribution in [0.2, 0.25) is 0 Å². The lowest BCUT2D eigenvalue weighted by Crippen LogP contribution is -2.56. The quantitative estimate of drug-likeness (QED) is 0.602. The lowest BCUT2D eigenvalue weighted by Gasteiger charge is -2.27. The van der Waals surface area contributed by atoms with Gasteiger partial charge in [0.1, 0.15) is 5.54 Å². The van der Waals surface area contributed by atoms with Crippen LogP contribution in [0.1, 0.15) is 40.0 Å². The number of amides is 1. The van der Waals surface area contributed by atoms with E-state index >= 15 is 0 Å². The lowest BCUT2D eigenvalue weighted by atomic mass is 9.95. The maximum atomic E-state index is 11.5. The fourth-order valence-electron chi connectivity index (χ4n) is 1.27. The van der Waals surface area contributed by atoms with Crippen molar-refractivity contribution in [2.45, 2.75) is 51.6 Å². The van der Waals surface area contributed by atoms with Crippen LogP contribution in [0.4, 0.5) is 0 Å². The van der Waals surface area contributed by atoms with Crippen LogP contribution >= 0.6 is 0 Å². The number of carboxylic acids is 1. The summed E-state index contributed by atoms with van der Waals surface area (Å²) in [7, 11) is 0. The first-order chi connectivity index (χ1) is 6.87. The van der Waals surface area contributed by atoms with Crippen molar-refractivity contribution in [3.8, 4) is 0 Å². The standard InChI is InChI=1S/C10H20N2O3/c1-4-6-10(3,9(14)15)12-8(13)7(11)5-2/h7H,4-6,11H2,1-3H3,(H,12,13)(H,14,15). The van der Waals surface area contributed by atoms with Gasteiger partial charge in [-0.3, -0.25) is 4.79 Å². The van der Waals surface area contributed by atoms with Crippen LogP contribution in [0.3, 0.4) is 0 Å². The highest BCUT2D eigenvalue weighted by Crippen LogP contribution is 2.12. The van der Waals surface area contributed by atoms with E-state index in [0.29, 0.717) is 19.3 Å². The normalized spacial score (nSPS) is 16.5. The summed E-state index contributed by atoms with van der Waals surface area (Å²) >= 11 is 0. The molecule has 0 aliphatic rings. The molecular formula is C10H20N2O3. The maximum Gasteiger partial charge on any atom is 0.329 e. The molecule has 0 fully saturated rings. The van der Waals surface area contributed by atoms with E-state index in [1.807, 2.05) is 6.92 Å². The minimum Gasteiger partial charge on any atom is -0.480 e. The third kappa shape index (κ3) is 3.87. The van der Waals surface area contributed by atoms with Gasteiger partial charge in [0.05, 0.1) is 6.04 Å². The minimum absolute atomic E-state index is 0.393. The van der Waals surface area contributed by atoms with Gasteiger partial charge in [-0.05, 0) is 19.8 Å². The number of carboxylic acid groups (broad SMARTS) is 1. The molecule has 2 atom stereocenters. The highest BCUT2D eigenvalue weighted by atomic mass is 16.4. The van der Waals surface area contributed by atoms with E-state index in [-0.39, 0.29) is 0 Å². The molecule has 5 heteroatoms. The summed E-state index contributed by atoms with van der Waals surface area (Å²) in [5, 5.41) is 11.5. The van der Waals surface area contributed by atoms with Crippen LogP contribution in [0.5, 0.6) is 0 Å². The highest BCUT2D eigenvalue weighted by Gasteiger charge is 2.34. The molecule has 0 aromatic rings. The van der Waals surface area contributed by atoms with E-state index in [1.54, 1.807) is 6.92 Å². The number of hydrogen-bond donors (Lipinski definition) is 3. The minimum atomic E-state index is -1.21. The van der Waals surface area contributed by atoms with Crippen LogP contribution in [0.15, 0.2) is 0 Å². The van der Waals surface area contributed by atoms with Gasteiger partial charge >= 0.3 is 5.97 Å². The van der Waals surface area contributed by atoms with Crippen LogP contribution < -0.4 is 11.1 Å². The van der Waals surface area contributed by atoms with E-state index in [0.717, 1.165) is 0 Å². The summed E-state index contributed by atoms with van der Waals surface area (Å²) in [4.78, 5) is 22.5. The molecule has 0 aliphatic heterocycles. The van der Waals surface area contributed by atoms with Crippen LogP contribution in [0.25, 0.3) is 0 Å². The second-order valence-electron chi connectivity index (χ2n) is 3.89. The molecule has 88 valence electrons. The number of nitrogens with one attached hydrogen (secondary N) is 1. The summed E-state index contributed by atoms with van der Waals surface area (Å²) in [6.45, 7) is 5.15. The molecule has 0 aliphatic carbocycles. The van der Waals surface area contributed by atoms with E-state index in [9.17, 15) is 9.59 Å². The fourth-order valence-corrected chi connectivity index (χ4v) is 1.27. The summed E-state index contributed by atoms with van der Waals surface area (Å²) in [5.74, 6) is -1.43. The predicted molar refractivity (Wildman–Crippen MR) is 57.4 cm³/mol. The molecule has 15 heavy (non-hydrogen) atoms. The van der Waals surface area contributed by atoms with Gasteiger partial charge in [0.15, 0.2) is 0 Å². The molecule has 0 rings (SSSR count). The average Bonchev–Trinajstić information content (AvgIpc) is 2.16. The number of nitrogens with two attached hydrogens (primary N) is 1. The molecule has 1 amide bonds. The van der Waals surface area contributed by atoms with Crippen molar-refractivity contribution in [3.63, 3.8) is 0 Å². The largest absolute Gasteiger partial charge is 0.480 e. The molecule has 0 radical (unpaired) electrons. The zero-order chi connectivity index (χ0) is 12.1. The fraction of sp³-hybridized carbons (Fsp3) is 0.800. The second kappa shape index (κ2) is 5.70. The third-order valence-corrected chi connectivity index (χ3v) is 2.40. The Bertz CT molecular complexity index is 243. The lowest BCUT2D eigenvalue weighted by molar-refractivity contribution is -0.147. The Kier molecular flexibility index (Phi) is 5.28. The zero-order valence-corrected chi connectivity index (χ0v) is 9.54. The molecule has 4 N–H and O–H groups in total. The van der Waals surface area contributed by atoms with Gasteiger partial charge in [-0.1, -0.05) is 20.3 Å². The Morgan fingerprint density at radius 2 is 2.00 bits per heavy atom. The Morgan fingerprint density at radius 1 is 1.47 bits per heavy atom. The van der Waals surface area contributed by atoms with Crippen LogP contribution in [-0.4, -0.2) is 28.6 Å². The molecule has 0 saturated carbocycles. The monoisotopic (exact) mass is 216 g/mol. The van der Waals surface area contributed by atoms with E-state index < -0.39 is 23.5 Å². The molecule has 0 saturated heterocycles. The first-order valence-corrected chi connectivity index (χ1v) is 5.18. The second-order valence-corrected chi connectivity index (χ2v) is 3.89. The number of rotatable bonds is 6. The average molecular weight is 216 g/mol. The Balaban J connectivity index is 4.55. The van der Waals surface area contributed by atoms with Gasteiger partial charge in [0, 0.05) is 0 Å². The Labute approximate surface area is 90.0 Å². The van der Waals surface area contributed by atoms with Crippen LogP contribution in [0, 0.1) is 0 Å². The predicted octanol–water partition coefficient (Wildman–Crippen LogP) is 0.483. The summed E-state index contributed by atoms with van der Waals surface area (Å²) < 4.78 is 0. The van der Waals surface area contributed by atoms with Crippen molar-refractivity contribution in [2.24, 2.45) is 5.73 Å². The van der Waals surface area contributed by atoms with Crippen molar-refractivity contribution < 1.29 is 14.7 Å². The zero-order valence-electron chi connectivity index (χ0n) is 9.54. The van der Waals surface area contributed by atoms with Crippen molar-refractivity contribution in [1.82, 2.24) is 5.32 Å². The first-order valence-electron chi connectivity index (χ1n) is 5.18. The molecular weight excluding hydrogens is 196 g/mol. The van der Waals surface area contributed by atoms with E-state index in [1.165, 1.54) is 6.92 Å². The SMILES string of the molecule is CCCC(C)(NC(=O)C(N)CC)C(=O)O. The summed E-state index contributed by atoms with van der Waals surface area (Å²) in [5.41, 5.74) is 4.31. The van der Waals surface area contributed by atoms with Crippen molar-refractivity contribution >= 4 is 11.9 Å². The van der Waals surface area contributed by atoms with Gasteiger partial charge in [0.25, 0.3) is 0 Å². The molecule has 0 aromatic heterocycles. The van der Waals surface area contributed by atoms with Gasteiger partial charge in [-0.25, -0.2) is 4.79 Å².